The van der Waals surface area contributed by atoms with Crippen molar-refractivity contribution in [2.24, 2.45) is 5.10 Å². The van der Waals surface area contributed by atoms with Gasteiger partial charge in [-0.25, -0.2) is 14.2 Å². The Balaban J connectivity index is 2.12. The molecule has 102 valence electrons. The standard InChI is InChI=1S/C14H10F2N2O2/c15-11-6-7-12(16)13(19)10(11)8-17-18-14(20)9-4-2-1-3-5-9/h1-8,19H,(H,18,20)/b17-8+. The lowest BCUT2D eigenvalue weighted by Crippen LogP contribution is -2.17. The molecule has 0 aliphatic rings. The maximum absolute atomic E-state index is 13.3. The van der Waals surface area contributed by atoms with E-state index in [1.165, 1.54) is 0 Å². The van der Waals surface area contributed by atoms with Gasteiger partial charge in [0.2, 0.25) is 0 Å². The molecule has 0 heterocycles. The van der Waals surface area contributed by atoms with Crippen LogP contribution in [0.2, 0.25) is 0 Å². The molecular weight excluding hydrogens is 266 g/mol. The number of nitrogens with zero attached hydrogens (tertiary/aromatic N) is 1. The highest BCUT2D eigenvalue weighted by atomic mass is 19.1. The largest absolute Gasteiger partial charge is 0.504 e. The quantitative estimate of drug-likeness (QED) is 0.668. The van der Waals surface area contributed by atoms with Crippen LogP contribution in [0.5, 0.6) is 5.75 Å². The summed E-state index contributed by atoms with van der Waals surface area (Å²) in [5, 5.41) is 12.8. The number of phenolic OH excluding ortho intramolecular Hbond substituents is 1. The number of nitrogens with one attached hydrogen (secondary N) is 1. The maximum Gasteiger partial charge on any atom is 0.271 e. The number of halogens is 2. The number of rotatable bonds is 3. The maximum atomic E-state index is 13.3. The Hall–Kier alpha value is -2.76. The number of benzene rings is 2. The number of carbonyl (C=O) groups is 1. The van der Waals surface area contributed by atoms with Crippen molar-refractivity contribution in [1.29, 1.82) is 0 Å². The van der Waals surface area contributed by atoms with Crippen molar-refractivity contribution in [3.8, 4) is 5.75 Å². The van der Waals surface area contributed by atoms with E-state index < -0.39 is 28.9 Å². The molecule has 20 heavy (non-hydrogen) atoms. The van der Waals surface area contributed by atoms with Crippen molar-refractivity contribution in [3.05, 3.63) is 65.2 Å². The highest BCUT2D eigenvalue weighted by Gasteiger charge is 2.11. The molecule has 0 aliphatic carbocycles. The minimum atomic E-state index is -0.970. The molecule has 0 unspecified atom stereocenters. The molecule has 0 atom stereocenters. The summed E-state index contributed by atoms with van der Waals surface area (Å²) in [5.74, 6) is -3.18. The summed E-state index contributed by atoms with van der Waals surface area (Å²) in [6, 6.07) is 9.91. The van der Waals surface area contributed by atoms with Gasteiger partial charge in [0, 0.05) is 5.56 Å². The van der Waals surface area contributed by atoms with Crippen molar-refractivity contribution in [2.45, 2.75) is 0 Å². The fourth-order valence-electron chi connectivity index (χ4n) is 1.49. The average Bonchev–Trinajstić information content (AvgIpc) is 2.47. The van der Waals surface area contributed by atoms with E-state index in [2.05, 4.69) is 10.5 Å². The van der Waals surface area contributed by atoms with Crippen LogP contribution in [0, 0.1) is 11.6 Å². The first kappa shape index (κ1) is 13.7. The third-order valence-corrected chi connectivity index (χ3v) is 2.51. The van der Waals surface area contributed by atoms with Crippen LogP contribution in [0.3, 0.4) is 0 Å². The Bertz CT molecular complexity index is 658. The van der Waals surface area contributed by atoms with Crippen LogP contribution in [-0.4, -0.2) is 17.2 Å². The van der Waals surface area contributed by atoms with Crippen LogP contribution in [0.25, 0.3) is 0 Å². The highest BCUT2D eigenvalue weighted by Crippen LogP contribution is 2.21. The summed E-state index contributed by atoms with van der Waals surface area (Å²) < 4.78 is 26.4. The number of phenols is 1. The number of carbonyl (C=O) groups excluding carboxylic acids is 1. The Kier molecular flexibility index (Phi) is 4.05. The van der Waals surface area contributed by atoms with Crippen molar-refractivity contribution < 1.29 is 18.7 Å². The van der Waals surface area contributed by atoms with Crippen molar-refractivity contribution in [3.63, 3.8) is 0 Å². The zero-order valence-electron chi connectivity index (χ0n) is 10.2. The van der Waals surface area contributed by atoms with Crippen LogP contribution in [0.15, 0.2) is 47.6 Å². The second-order valence-corrected chi connectivity index (χ2v) is 3.86. The molecule has 2 aromatic rings. The van der Waals surface area contributed by atoms with Crippen molar-refractivity contribution in [2.75, 3.05) is 0 Å². The molecule has 0 spiro atoms. The van der Waals surface area contributed by atoms with Gasteiger partial charge in [0.15, 0.2) is 11.6 Å². The molecule has 1 amide bonds. The Morgan fingerprint density at radius 2 is 1.75 bits per heavy atom. The Labute approximate surface area is 113 Å². The Morgan fingerprint density at radius 3 is 2.45 bits per heavy atom. The summed E-state index contributed by atoms with van der Waals surface area (Å²) in [6.45, 7) is 0. The summed E-state index contributed by atoms with van der Waals surface area (Å²) in [4.78, 5) is 11.6. The van der Waals surface area contributed by atoms with Crippen LogP contribution >= 0.6 is 0 Å². The summed E-state index contributed by atoms with van der Waals surface area (Å²) >= 11 is 0. The van der Waals surface area contributed by atoms with Gasteiger partial charge >= 0.3 is 0 Å². The molecular formula is C14H10F2N2O2. The Morgan fingerprint density at radius 1 is 1.10 bits per heavy atom. The SMILES string of the molecule is O=C(N/N=C/c1c(F)ccc(F)c1O)c1ccccc1. The van der Waals surface area contributed by atoms with E-state index in [4.69, 9.17) is 0 Å². The predicted molar refractivity (Wildman–Crippen MR) is 69.5 cm³/mol. The molecule has 4 nitrogen and oxygen atoms in total. The van der Waals surface area contributed by atoms with E-state index in [0.29, 0.717) is 5.56 Å². The van der Waals surface area contributed by atoms with E-state index in [1.807, 2.05) is 0 Å². The molecule has 0 fully saturated rings. The third-order valence-electron chi connectivity index (χ3n) is 2.51. The van der Waals surface area contributed by atoms with Gasteiger partial charge in [-0.3, -0.25) is 4.79 Å². The third kappa shape index (κ3) is 2.97. The molecule has 0 bridgehead atoms. The number of aromatic hydroxyl groups is 1. The fourth-order valence-corrected chi connectivity index (χ4v) is 1.49. The van der Waals surface area contributed by atoms with E-state index in [1.54, 1.807) is 30.3 Å². The molecule has 0 saturated heterocycles. The summed E-state index contributed by atoms with van der Waals surface area (Å²) in [5.41, 5.74) is 2.09. The van der Waals surface area contributed by atoms with Crippen LogP contribution in [-0.2, 0) is 0 Å². The minimum Gasteiger partial charge on any atom is -0.504 e. The van der Waals surface area contributed by atoms with Gasteiger partial charge in [0.05, 0.1) is 11.8 Å². The molecule has 0 saturated carbocycles. The lowest BCUT2D eigenvalue weighted by atomic mass is 10.2. The van der Waals surface area contributed by atoms with Crippen LogP contribution < -0.4 is 5.43 Å². The number of amides is 1. The van der Waals surface area contributed by atoms with Gasteiger partial charge in [-0.15, -0.1) is 0 Å². The molecule has 6 heteroatoms. The topological polar surface area (TPSA) is 61.7 Å². The zero-order valence-corrected chi connectivity index (χ0v) is 10.2. The number of hydrogen-bond donors (Lipinski definition) is 2. The normalized spacial score (nSPS) is 10.7. The molecule has 0 radical (unpaired) electrons. The first-order valence-electron chi connectivity index (χ1n) is 5.65. The second-order valence-electron chi connectivity index (χ2n) is 3.86. The molecule has 0 aliphatic heterocycles. The molecule has 2 rings (SSSR count). The van der Waals surface area contributed by atoms with Crippen molar-refractivity contribution in [1.82, 2.24) is 5.43 Å². The molecule has 0 aromatic heterocycles. The summed E-state index contributed by atoms with van der Waals surface area (Å²) in [6.07, 6.45) is 0.842. The zero-order chi connectivity index (χ0) is 14.5. The molecule has 2 N–H and O–H groups in total. The lowest BCUT2D eigenvalue weighted by Gasteiger charge is -2.02. The average molecular weight is 276 g/mol. The van der Waals surface area contributed by atoms with Crippen LogP contribution in [0.1, 0.15) is 15.9 Å². The smallest absolute Gasteiger partial charge is 0.271 e. The van der Waals surface area contributed by atoms with Gasteiger partial charge in [-0.05, 0) is 24.3 Å². The predicted octanol–water partition coefficient (Wildman–Crippen LogP) is 2.43. The van der Waals surface area contributed by atoms with Gasteiger partial charge in [0.1, 0.15) is 5.82 Å². The van der Waals surface area contributed by atoms with Crippen LogP contribution in [0.4, 0.5) is 8.78 Å². The van der Waals surface area contributed by atoms with E-state index in [9.17, 15) is 18.7 Å². The van der Waals surface area contributed by atoms with Gasteiger partial charge in [0.25, 0.3) is 5.91 Å². The highest BCUT2D eigenvalue weighted by molar-refractivity contribution is 5.95. The molecule has 2 aromatic carbocycles. The fraction of sp³-hybridized carbons (Fsp3) is 0. The van der Waals surface area contributed by atoms with E-state index in [-0.39, 0.29) is 0 Å². The van der Waals surface area contributed by atoms with Gasteiger partial charge in [-0.1, -0.05) is 18.2 Å². The van der Waals surface area contributed by atoms with Gasteiger partial charge < -0.3 is 5.11 Å². The summed E-state index contributed by atoms with van der Waals surface area (Å²) in [7, 11) is 0. The number of hydrazone groups is 1. The number of hydrogen-bond acceptors (Lipinski definition) is 3. The van der Waals surface area contributed by atoms with Crippen molar-refractivity contribution >= 4 is 12.1 Å². The monoisotopic (exact) mass is 276 g/mol. The second kappa shape index (κ2) is 5.92. The van der Waals surface area contributed by atoms with E-state index in [0.717, 1.165) is 18.3 Å². The van der Waals surface area contributed by atoms with E-state index >= 15 is 0 Å². The lowest BCUT2D eigenvalue weighted by molar-refractivity contribution is 0.0955. The first-order valence-corrected chi connectivity index (χ1v) is 5.65. The minimum absolute atomic E-state index is 0.369. The van der Waals surface area contributed by atoms with Gasteiger partial charge in [-0.2, -0.15) is 5.10 Å². The first-order chi connectivity index (χ1) is 9.59.